The third-order valence-electron chi connectivity index (χ3n) is 4.10. The fourth-order valence-corrected chi connectivity index (χ4v) is 2.03. The van der Waals surface area contributed by atoms with Crippen LogP contribution in [-0.4, -0.2) is 23.4 Å². The molecule has 0 bridgehead atoms. The maximum atomic E-state index is 9.31. The fourth-order valence-electron chi connectivity index (χ4n) is 2.03. The molecular formula is C14H21BO3. The summed E-state index contributed by atoms with van der Waals surface area (Å²) in [5.41, 5.74) is 0.498. The zero-order valence-electron chi connectivity index (χ0n) is 11.7. The molecule has 1 aliphatic rings. The van der Waals surface area contributed by atoms with Crippen LogP contribution in [0.4, 0.5) is 0 Å². The van der Waals surface area contributed by atoms with E-state index in [1.54, 1.807) is 12.1 Å². The lowest BCUT2D eigenvalue weighted by Crippen LogP contribution is -2.41. The van der Waals surface area contributed by atoms with Gasteiger partial charge in [-0.25, -0.2) is 0 Å². The predicted octanol–water partition coefficient (Wildman–Crippen LogP) is 3.13. The topological polar surface area (TPSA) is 38.7 Å². The van der Waals surface area contributed by atoms with Gasteiger partial charge in [0.1, 0.15) is 5.75 Å². The fraction of sp³-hybridized carbons (Fsp3) is 0.571. The highest BCUT2D eigenvalue weighted by Crippen LogP contribution is 2.40. The first-order valence-electron chi connectivity index (χ1n) is 6.37. The van der Waals surface area contributed by atoms with Gasteiger partial charge in [0.2, 0.25) is 0 Å². The highest BCUT2D eigenvalue weighted by molar-refractivity contribution is 6.47. The van der Waals surface area contributed by atoms with E-state index in [1.165, 1.54) is 0 Å². The van der Waals surface area contributed by atoms with Gasteiger partial charge < -0.3 is 14.4 Å². The number of phenols is 1. The van der Waals surface area contributed by atoms with Crippen LogP contribution in [0.5, 0.6) is 5.75 Å². The number of phenolic OH excluding ortho intramolecular Hbond substituents is 1. The molecule has 1 heterocycles. The van der Waals surface area contributed by atoms with Gasteiger partial charge in [0.15, 0.2) is 0 Å². The third kappa shape index (κ3) is 2.27. The number of hydrogen-bond donors (Lipinski definition) is 1. The summed E-state index contributed by atoms with van der Waals surface area (Å²) in [6.45, 7) is 10.3. The Morgan fingerprint density at radius 1 is 1.00 bits per heavy atom. The van der Waals surface area contributed by atoms with Crippen LogP contribution < -0.4 is 0 Å². The number of rotatable bonds is 2. The quantitative estimate of drug-likeness (QED) is 0.817. The van der Waals surface area contributed by atoms with Gasteiger partial charge in [0.25, 0.3) is 0 Å². The van der Waals surface area contributed by atoms with Crippen molar-refractivity contribution < 1.29 is 14.4 Å². The summed E-state index contributed by atoms with van der Waals surface area (Å²) in [4.78, 5) is 0. The molecule has 0 radical (unpaired) electrons. The lowest BCUT2D eigenvalue weighted by atomic mass is 9.69. The van der Waals surface area contributed by atoms with E-state index < -0.39 is 0 Å². The van der Waals surface area contributed by atoms with Gasteiger partial charge in [-0.15, -0.1) is 0 Å². The lowest BCUT2D eigenvalue weighted by molar-refractivity contribution is 0.00578. The molecule has 1 aliphatic heterocycles. The molecule has 18 heavy (non-hydrogen) atoms. The molecule has 3 nitrogen and oxygen atoms in total. The smallest absolute Gasteiger partial charge is 0.465 e. The van der Waals surface area contributed by atoms with Crippen molar-refractivity contribution in [3.63, 3.8) is 0 Å². The molecule has 1 saturated heterocycles. The second kappa shape index (κ2) is 4.28. The predicted molar refractivity (Wildman–Crippen MR) is 72.6 cm³/mol. The van der Waals surface area contributed by atoms with Crippen LogP contribution in [0.2, 0.25) is 0 Å². The van der Waals surface area contributed by atoms with E-state index in [0.717, 1.165) is 5.56 Å². The molecule has 0 unspecified atom stereocenters. The van der Waals surface area contributed by atoms with Crippen molar-refractivity contribution in [2.45, 2.75) is 51.6 Å². The molecule has 1 aromatic carbocycles. The van der Waals surface area contributed by atoms with E-state index in [4.69, 9.17) is 9.31 Å². The van der Waals surface area contributed by atoms with Crippen LogP contribution >= 0.6 is 0 Å². The Morgan fingerprint density at radius 3 is 1.89 bits per heavy atom. The van der Waals surface area contributed by atoms with Crippen molar-refractivity contribution in [2.24, 2.45) is 0 Å². The zero-order chi connectivity index (χ0) is 13.6. The molecule has 0 spiro atoms. The van der Waals surface area contributed by atoms with Crippen molar-refractivity contribution in [1.29, 1.82) is 0 Å². The SMILES string of the molecule is C[C@H](B1OC(C)(C)C(C)(C)O1)c1ccc(O)cc1. The van der Waals surface area contributed by atoms with Gasteiger partial charge >= 0.3 is 7.12 Å². The average Bonchev–Trinajstić information content (AvgIpc) is 2.48. The molecule has 4 heteroatoms. The summed E-state index contributed by atoms with van der Waals surface area (Å²) in [5, 5.41) is 9.31. The number of hydrogen-bond acceptors (Lipinski definition) is 3. The normalized spacial score (nSPS) is 23.1. The zero-order valence-corrected chi connectivity index (χ0v) is 11.7. The van der Waals surface area contributed by atoms with Gasteiger partial charge in [-0.1, -0.05) is 19.1 Å². The van der Waals surface area contributed by atoms with Gasteiger partial charge in [-0.2, -0.15) is 0 Å². The summed E-state index contributed by atoms with van der Waals surface area (Å²) in [6, 6.07) is 7.20. The maximum absolute atomic E-state index is 9.31. The van der Waals surface area contributed by atoms with E-state index in [2.05, 4.69) is 34.6 Å². The Morgan fingerprint density at radius 2 is 1.44 bits per heavy atom. The Bertz CT molecular complexity index is 409. The Balaban J connectivity index is 2.17. The number of benzene rings is 1. The maximum Gasteiger partial charge on any atom is 0.465 e. The van der Waals surface area contributed by atoms with Gasteiger partial charge in [0, 0.05) is 5.82 Å². The minimum atomic E-state index is -0.303. The highest BCUT2D eigenvalue weighted by Gasteiger charge is 2.52. The van der Waals surface area contributed by atoms with Crippen molar-refractivity contribution in [2.75, 3.05) is 0 Å². The molecule has 1 aromatic rings. The van der Waals surface area contributed by atoms with E-state index in [1.807, 2.05) is 12.1 Å². The molecule has 0 saturated carbocycles. The first kappa shape index (κ1) is 13.4. The summed E-state index contributed by atoms with van der Waals surface area (Å²) in [5.74, 6) is 0.409. The molecule has 0 aliphatic carbocycles. The first-order chi connectivity index (χ1) is 8.23. The first-order valence-corrected chi connectivity index (χ1v) is 6.37. The van der Waals surface area contributed by atoms with Crippen molar-refractivity contribution >= 4 is 7.12 Å². The third-order valence-corrected chi connectivity index (χ3v) is 4.10. The average molecular weight is 248 g/mol. The monoisotopic (exact) mass is 248 g/mol. The summed E-state index contributed by atoms with van der Waals surface area (Å²) in [7, 11) is -0.250. The van der Waals surface area contributed by atoms with Gasteiger partial charge in [-0.05, 0) is 45.4 Å². The molecule has 1 fully saturated rings. The molecule has 2 rings (SSSR count). The Kier molecular flexibility index (Phi) is 3.20. The molecule has 1 atom stereocenters. The molecule has 0 aromatic heterocycles. The Hall–Kier alpha value is -0.995. The molecular weight excluding hydrogens is 227 g/mol. The van der Waals surface area contributed by atoms with Crippen LogP contribution in [0.3, 0.4) is 0 Å². The van der Waals surface area contributed by atoms with Crippen LogP contribution in [0.25, 0.3) is 0 Å². The summed E-state index contributed by atoms with van der Waals surface area (Å²) >= 11 is 0. The highest BCUT2D eigenvalue weighted by atomic mass is 16.7. The minimum absolute atomic E-state index is 0.131. The second-order valence-corrected chi connectivity index (χ2v) is 6.00. The molecule has 1 N–H and O–H groups in total. The summed E-state index contributed by atoms with van der Waals surface area (Å²) in [6.07, 6.45) is 0. The van der Waals surface area contributed by atoms with Crippen LogP contribution in [0, 0.1) is 0 Å². The summed E-state index contributed by atoms with van der Waals surface area (Å²) < 4.78 is 12.1. The van der Waals surface area contributed by atoms with E-state index in [-0.39, 0.29) is 29.9 Å². The Labute approximate surface area is 109 Å². The molecule has 98 valence electrons. The van der Waals surface area contributed by atoms with E-state index >= 15 is 0 Å². The van der Waals surface area contributed by atoms with Gasteiger partial charge in [0.05, 0.1) is 11.2 Å². The van der Waals surface area contributed by atoms with E-state index in [0.29, 0.717) is 0 Å². The van der Waals surface area contributed by atoms with Crippen LogP contribution in [0.1, 0.15) is 46.0 Å². The number of aromatic hydroxyl groups is 1. The van der Waals surface area contributed by atoms with Crippen molar-refractivity contribution in [1.82, 2.24) is 0 Å². The minimum Gasteiger partial charge on any atom is -0.508 e. The van der Waals surface area contributed by atoms with Gasteiger partial charge in [-0.3, -0.25) is 0 Å². The largest absolute Gasteiger partial charge is 0.508 e. The van der Waals surface area contributed by atoms with E-state index in [9.17, 15) is 5.11 Å². The van der Waals surface area contributed by atoms with Crippen molar-refractivity contribution in [3.05, 3.63) is 29.8 Å². The lowest BCUT2D eigenvalue weighted by Gasteiger charge is -2.32. The standard InChI is InChI=1S/C14H21BO3/c1-10(11-6-8-12(16)9-7-11)15-17-13(2,3)14(4,5)18-15/h6-10,16H,1-5H3/t10-/m0/s1. The second-order valence-electron chi connectivity index (χ2n) is 6.00. The van der Waals surface area contributed by atoms with Crippen LogP contribution in [-0.2, 0) is 9.31 Å². The molecule has 0 amide bonds. The van der Waals surface area contributed by atoms with Crippen molar-refractivity contribution in [3.8, 4) is 5.75 Å². The van der Waals surface area contributed by atoms with Crippen LogP contribution in [0.15, 0.2) is 24.3 Å².